The summed E-state index contributed by atoms with van der Waals surface area (Å²) in [5.41, 5.74) is 4.54. The molecule has 1 saturated heterocycles. The molecule has 4 nitrogen and oxygen atoms in total. The molecule has 126 valence electrons. The van der Waals surface area contributed by atoms with E-state index in [4.69, 9.17) is 0 Å². The van der Waals surface area contributed by atoms with Crippen molar-refractivity contribution in [1.29, 1.82) is 0 Å². The molecule has 5 heteroatoms. The normalized spacial score (nSPS) is 24.9. The number of carbonyl (C=O) groups is 1. The maximum Gasteiger partial charge on any atom is 0.251 e. The van der Waals surface area contributed by atoms with E-state index in [2.05, 4.69) is 12.2 Å². The van der Waals surface area contributed by atoms with Gasteiger partial charge in [0.25, 0.3) is 5.91 Å². The molecular weight excluding hydrogens is 310 g/mol. The highest BCUT2D eigenvalue weighted by atomic mass is 32.2. The van der Waals surface area contributed by atoms with Gasteiger partial charge in [-0.25, -0.2) is 8.42 Å². The quantitative estimate of drug-likeness (QED) is 0.903. The number of hydrogen-bond donors (Lipinski definition) is 1. The molecule has 1 aliphatic heterocycles. The molecule has 1 aliphatic carbocycles. The first kappa shape index (κ1) is 16.5. The minimum absolute atomic E-state index is 0.0525. The highest BCUT2D eigenvalue weighted by Crippen LogP contribution is 2.31. The Kier molecular flexibility index (Phi) is 4.03. The van der Waals surface area contributed by atoms with Crippen molar-refractivity contribution in [3.8, 4) is 0 Å². The smallest absolute Gasteiger partial charge is 0.251 e. The summed E-state index contributed by atoms with van der Waals surface area (Å²) in [6.07, 6.45) is 4.11. The van der Waals surface area contributed by atoms with Gasteiger partial charge in [-0.15, -0.1) is 0 Å². The molecule has 1 aromatic rings. The number of aryl methyl sites for hydroxylation is 1. The van der Waals surface area contributed by atoms with Gasteiger partial charge in [0.2, 0.25) is 0 Å². The second-order valence-electron chi connectivity index (χ2n) is 7.48. The lowest BCUT2D eigenvalue weighted by atomic mass is 9.96. The summed E-state index contributed by atoms with van der Waals surface area (Å²) in [6, 6.07) is 3.87. The number of nitrogens with one attached hydrogen (secondary N) is 1. The maximum atomic E-state index is 12.7. The van der Waals surface area contributed by atoms with Gasteiger partial charge in [-0.05, 0) is 75.6 Å². The summed E-state index contributed by atoms with van der Waals surface area (Å²) in [5.74, 6) is 0.0972. The van der Waals surface area contributed by atoms with Crippen LogP contribution >= 0.6 is 0 Å². The van der Waals surface area contributed by atoms with Crippen LogP contribution in [0.4, 0.5) is 0 Å². The van der Waals surface area contributed by atoms with E-state index in [0.29, 0.717) is 12.8 Å². The van der Waals surface area contributed by atoms with Gasteiger partial charge in [-0.2, -0.15) is 0 Å². The standard InChI is InChI=1S/C18H25NO3S/c1-12-7-8-16(15-6-4-5-14(12)15)17(20)19-13-9-10-23(21,22)18(2,3)11-13/h7-8,13H,4-6,9-11H2,1-3H3,(H,19,20). The molecule has 0 saturated carbocycles. The SMILES string of the molecule is Cc1ccc(C(=O)NC2CCS(=O)(=O)C(C)(C)C2)c2c1CCC2. The zero-order valence-electron chi connectivity index (χ0n) is 14.1. The molecule has 1 fully saturated rings. The molecule has 0 spiro atoms. The Balaban J connectivity index is 1.78. The lowest BCUT2D eigenvalue weighted by Crippen LogP contribution is -2.49. The first-order chi connectivity index (χ1) is 10.7. The Hall–Kier alpha value is -1.36. The molecular formula is C18H25NO3S. The second kappa shape index (κ2) is 5.62. The van der Waals surface area contributed by atoms with Crippen LogP contribution in [0.1, 0.15) is 60.2 Å². The summed E-state index contributed by atoms with van der Waals surface area (Å²) in [5, 5.41) is 3.07. The molecule has 0 radical (unpaired) electrons. The van der Waals surface area contributed by atoms with E-state index in [1.165, 1.54) is 16.7 Å². The van der Waals surface area contributed by atoms with Crippen molar-refractivity contribution in [2.75, 3.05) is 5.75 Å². The van der Waals surface area contributed by atoms with Crippen molar-refractivity contribution in [3.63, 3.8) is 0 Å². The Morgan fingerprint density at radius 1 is 1.22 bits per heavy atom. The van der Waals surface area contributed by atoms with Crippen LogP contribution in [-0.2, 0) is 22.7 Å². The highest BCUT2D eigenvalue weighted by Gasteiger charge is 2.41. The lowest BCUT2D eigenvalue weighted by molar-refractivity contribution is 0.0929. The zero-order chi connectivity index (χ0) is 16.8. The van der Waals surface area contributed by atoms with Crippen LogP contribution in [0.15, 0.2) is 12.1 Å². The van der Waals surface area contributed by atoms with E-state index in [-0.39, 0.29) is 17.7 Å². The molecule has 0 bridgehead atoms. The summed E-state index contributed by atoms with van der Waals surface area (Å²) in [4.78, 5) is 12.7. The van der Waals surface area contributed by atoms with E-state index in [1.807, 2.05) is 12.1 Å². The molecule has 1 aromatic carbocycles. The van der Waals surface area contributed by atoms with Crippen molar-refractivity contribution < 1.29 is 13.2 Å². The van der Waals surface area contributed by atoms with Crippen LogP contribution in [0.2, 0.25) is 0 Å². The largest absolute Gasteiger partial charge is 0.349 e. The minimum atomic E-state index is -3.06. The third-order valence-corrected chi connectivity index (χ3v) is 8.04. The lowest BCUT2D eigenvalue weighted by Gasteiger charge is -2.35. The molecule has 1 atom stereocenters. The predicted octanol–water partition coefficient (Wildman–Crippen LogP) is 2.57. The van der Waals surface area contributed by atoms with Gasteiger partial charge in [0.15, 0.2) is 9.84 Å². The fraction of sp³-hybridized carbons (Fsp3) is 0.611. The Bertz CT molecular complexity index is 750. The fourth-order valence-electron chi connectivity index (χ4n) is 3.88. The van der Waals surface area contributed by atoms with E-state index in [0.717, 1.165) is 24.8 Å². The molecule has 1 unspecified atom stereocenters. The molecule has 0 aromatic heterocycles. The zero-order valence-corrected chi connectivity index (χ0v) is 14.9. The van der Waals surface area contributed by atoms with Gasteiger partial charge in [0, 0.05) is 11.6 Å². The third-order valence-electron chi connectivity index (χ3n) is 5.41. The Morgan fingerprint density at radius 3 is 2.61 bits per heavy atom. The van der Waals surface area contributed by atoms with Gasteiger partial charge in [0.05, 0.1) is 10.5 Å². The molecule has 3 rings (SSSR count). The van der Waals surface area contributed by atoms with Crippen LogP contribution in [-0.4, -0.2) is 30.9 Å². The van der Waals surface area contributed by atoms with Gasteiger partial charge in [0.1, 0.15) is 0 Å². The van der Waals surface area contributed by atoms with Crippen molar-refractivity contribution in [3.05, 3.63) is 34.4 Å². The third kappa shape index (κ3) is 2.91. The Morgan fingerprint density at radius 2 is 1.91 bits per heavy atom. The summed E-state index contributed by atoms with van der Waals surface area (Å²) in [6.45, 7) is 5.61. The monoisotopic (exact) mass is 335 g/mol. The van der Waals surface area contributed by atoms with Crippen molar-refractivity contribution in [1.82, 2.24) is 5.32 Å². The topological polar surface area (TPSA) is 63.2 Å². The summed E-state index contributed by atoms with van der Waals surface area (Å²) < 4.78 is 23.4. The van der Waals surface area contributed by atoms with Crippen LogP contribution in [0, 0.1) is 6.92 Å². The molecule has 2 aliphatic rings. The van der Waals surface area contributed by atoms with E-state index in [1.54, 1.807) is 13.8 Å². The first-order valence-electron chi connectivity index (χ1n) is 8.36. The van der Waals surface area contributed by atoms with Gasteiger partial charge in [-0.3, -0.25) is 4.79 Å². The summed E-state index contributed by atoms with van der Waals surface area (Å²) >= 11 is 0. The average Bonchev–Trinajstić information content (AvgIpc) is 2.93. The Labute approximate surface area is 138 Å². The van der Waals surface area contributed by atoms with Crippen molar-refractivity contribution in [2.45, 2.75) is 63.7 Å². The number of fused-ring (bicyclic) bond motifs is 1. The summed E-state index contributed by atoms with van der Waals surface area (Å²) in [7, 11) is -3.06. The predicted molar refractivity (Wildman–Crippen MR) is 91.6 cm³/mol. The van der Waals surface area contributed by atoms with E-state index < -0.39 is 14.6 Å². The number of rotatable bonds is 2. The number of carbonyl (C=O) groups excluding carboxylic acids is 1. The van der Waals surface area contributed by atoms with E-state index >= 15 is 0 Å². The van der Waals surface area contributed by atoms with E-state index in [9.17, 15) is 13.2 Å². The van der Waals surface area contributed by atoms with Gasteiger partial charge in [-0.1, -0.05) is 6.07 Å². The highest BCUT2D eigenvalue weighted by molar-refractivity contribution is 7.92. The van der Waals surface area contributed by atoms with Crippen LogP contribution in [0.25, 0.3) is 0 Å². The minimum Gasteiger partial charge on any atom is -0.349 e. The fourth-order valence-corrected chi connectivity index (χ4v) is 5.48. The maximum absolute atomic E-state index is 12.7. The van der Waals surface area contributed by atoms with Gasteiger partial charge >= 0.3 is 0 Å². The number of sulfone groups is 1. The number of hydrogen-bond acceptors (Lipinski definition) is 3. The second-order valence-corrected chi connectivity index (χ2v) is 10.2. The van der Waals surface area contributed by atoms with Crippen LogP contribution < -0.4 is 5.32 Å². The first-order valence-corrected chi connectivity index (χ1v) is 10.0. The number of benzene rings is 1. The van der Waals surface area contributed by atoms with Crippen molar-refractivity contribution >= 4 is 15.7 Å². The average molecular weight is 335 g/mol. The molecule has 1 amide bonds. The number of amides is 1. The van der Waals surface area contributed by atoms with Gasteiger partial charge < -0.3 is 5.32 Å². The van der Waals surface area contributed by atoms with Crippen LogP contribution in [0.5, 0.6) is 0 Å². The molecule has 23 heavy (non-hydrogen) atoms. The van der Waals surface area contributed by atoms with Crippen molar-refractivity contribution in [2.24, 2.45) is 0 Å². The molecule has 1 heterocycles. The molecule has 1 N–H and O–H groups in total. The van der Waals surface area contributed by atoms with Crippen LogP contribution in [0.3, 0.4) is 0 Å².